The van der Waals surface area contributed by atoms with Crippen LogP contribution in [-0.4, -0.2) is 25.0 Å². The fraction of sp³-hybridized carbons (Fsp3) is 0.429. The summed E-state index contributed by atoms with van der Waals surface area (Å²) in [6, 6.07) is 0. The zero-order chi connectivity index (χ0) is 8.27. The summed E-state index contributed by atoms with van der Waals surface area (Å²) in [5.41, 5.74) is 0.00634. The van der Waals surface area contributed by atoms with Crippen LogP contribution in [0.1, 0.15) is 6.92 Å². The van der Waals surface area contributed by atoms with E-state index in [0.29, 0.717) is 6.61 Å². The van der Waals surface area contributed by atoms with Crippen LogP contribution in [0.5, 0.6) is 0 Å². The van der Waals surface area contributed by atoms with Crippen LogP contribution < -0.4 is 0 Å². The lowest BCUT2D eigenvalue weighted by molar-refractivity contribution is -0.135. The van der Waals surface area contributed by atoms with Crippen molar-refractivity contribution < 1.29 is 19.1 Å². The van der Waals surface area contributed by atoms with Crippen molar-refractivity contribution in [2.24, 2.45) is 0 Å². The Bertz CT molecular complexity index is 198. The summed E-state index contributed by atoms with van der Waals surface area (Å²) < 4.78 is 9.21. The van der Waals surface area contributed by atoms with Crippen molar-refractivity contribution in [1.82, 2.24) is 0 Å². The minimum Gasteiger partial charge on any atom is -0.500 e. The first-order valence-electron chi connectivity index (χ1n) is 3.27. The maximum absolute atomic E-state index is 10.8. The molecule has 0 aliphatic carbocycles. The van der Waals surface area contributed by atoms with Crippen molar-refractivity contribution in [2.75, 3.05) is 13.2 Å². The first kappa shape index (κ1) is 7.78. The van der Waals surface area contributed by atoms with Crippen LogP contribution in [0.25, 0.3) is 0 Å². The second-order valence-corrected chi connectivity index (χ2v) is 1.99. The van der Waals surface area contributed by atoms with Crippen LogP contribution in [0.4, 0.5) is 0 Å². The fourth-order valence-electron chi connectivity index (χ4n) is 0.681. The fourth-order valence-corrected chi connectivity index (χ4v) is 0.681. The van der Waals surface area contributed by atoms with Gasteiger partial charge in [0.15, 0.2) is 6.61 Å². The van der Waals surface area contributed by atoms with Crippen LogP contribution in [0.3, 0.4) is 0 Å². The standard InChI is InChI=1S/C7H8O4/c1-2-10-3-5-6(8)4-11-7(5)9/h3H,2,4H2,1H3/b5-3-. The molecule has 1 aliphatic heterocycles. The SMILES string of the molecule is CCO/C=C1/C(=O)COC1=O. The molecule has 0 saturated carbocycles. The second kappa shape index (κ2) is 3.18. The summed E-state index contributed by atoms with van der Waals surface area (Å²) in [5, 5.41) is 0. The molecule has 1 heterocycles. The molecular formula is C7H8O4. The molecule has 0 aromatic heterocycles. The molecule has 0 unspecified atom stereocenters. The minimum absolute atomic E-state index is 0.00634. The van der Waals surface area contributed by atoms with E-state index in [-0.39, 0.29) is 18.0 Å². The average molecular weight is 156 g/mol. The van der Waals surface area contributed by atoms with Gasteiger partial charge in [-0.25, -0.2) is 4.79 Å². The van der Waals surface area contributed by atoms with E-state index in [1.54, 1.807) is 6.92 Å². The molecule has 0 aromatic carbocycles. The molecule has 1 aliphatic rings. The first-order valence-corrected chi connectivity index (χ1v) is 3.27. The smallest absolute Gasteiger partial charge is 0.345 e. The number of esters is 1. The Morgan fingerprint density at radius 3 is 2.82 bits per heavy atom. The highest BCUT2D eigenvalue weighted by molar-refractivity contribution is 6.21. The molecule has 1 saturated heterocycles. The van der Waals surface area contributed by atoms with Gasteiger partial charge in [-0.15, -0.1) is 0 Å². The Labute approximate surface area is 63.8 Å². The quantitative estimate of drug-likeness (QED) is 0.245. The van der Waals surface area contributed by atoms with Crippen LogP contribution >= 0.6 is 0 Å². The van der Waals surface area contributed by atoms with Crippen LogP contribution in [-0.2, 0) is 19.1 Å². The van der Waals surface area contributed by atoms with E-state index >= 15 is 0 Å². The van der Waals surface area contributed by atoms with Gasteiger partial charge in [-0.1, -0.05) is 0 Å². The predicted molar refractivity (Wildman–Crippen MR) is 35.7 cm³/mol. The van der Waals surface area contributed by atoms with Crippen molar-refractivity contribution in [3.63, 3.8) is 0 Å². The molecule has 4 nitrogen and oxygen atoms in total. The summed E-state index contributed by atoms with van der Waals surface area (Å²) in [6.07, 6.45) is 1.15. The Balaban J connectivity index is 2.68. The molecule has 0 spiro atoms. The minimum atomic E-state index is -0.594. The molecule has 4 heteroatoms. The van der Waals surface area contributed by atoms with E-state index in [1.165, 1.54) is 0 Å². The number of hydrogen-bond acceptors (Lipinski definition) is 4. The van der Waals surface area contributed by atoms with Gasteiger partial charge in [0.2, 0.25) is 5.78 Å². The summed E-state index contributed by atoms with van der Waals surface area (Å²) in [4.78, 5) is 21.5. The topological polar surface area (TPSA) is 52.6 Å². The van der Waals surface area contributed by atoms with Gasteiger partial charge in [0.05, 0.1) is 6.61 Å². The maximum atomic E-state index is 10.8. The molecule has 60 valence electrons. The maximum Gasteiger partial charge on any atom is 0.345 e. The molecule has 0 atom stereocenters. The Morgan fingerprint density at radius 1 is 1.64 bits per heavy atom. The van der Waals surface area contributed by atoms with Gasteiger partial charge in [-0.3, -0.25) is 4.79 Å². The third-order valence-corrected chi connectivity index (χ3v) is 1.22. The number of cyclic esters (lactones) is 1. The van der Waals surface area contributed by atoms with E-state index < -0.39 is 5.97 Å². The van der Waals surface area contributed by atoms with Gasteiger partial charge in [0, 0.05) is 0 Å². The van der Waals surface area contributed by atoms with E-state index in [1.807, 2.05) is 0 Å². The van der Waals surface area contributed by atoms with E-state index in [0.717, 1.165) is 6.26 Å². The lowest BCUT2D eigenvalue weighted by Crippen LogP contribution is -2.01. The summed E-state index contributed by atoms with van der Waals surface area (Å²) in [6.45, 7) is 2.05. The molecule has 0 N–H and O–H groups in total. The Kier molecular flexibility index (Phi) is 2.25. The Morgan fingerprint density at radius 2 is 2.36 bits per heavy atom. The number of ether oxygens (including phenoxy) is 2. The monoisotopic (exact) mass is 156 g/mol. The Hall–Kier alpha value is -1.32. The highest BCUT2D eigenvalue weighted by Gasteiger charge is 2.28. The molecule has 0 aromatic rings. The van der Waals surface area contributed by atoms with Crippen molar-refractivity contribution in [2.45, 2.75) is 6.92 Å². The number of hydrogen-bond donors (Lipinski definition) is 0. The van der Waals surface area contributed by atoms with Gasteiger partial charge in [0.25, 0.3) is 0 Å². The zero-order valence-corrected chi connectivity index (χ0v) is 6.12. The van der Waals surface area contributed by atoms with Crippen LogP contribution in [0, 0.1) is 0 Å². The van der Waals surface area contributed by atoms with Crippen LogP contribution in [0.15, 0.2) is 11.8 Å². The molecule has 0 bridgehead atoms. The molecule has 1 rings (SSSR count). The van der Waals surface area contributed by atoms with Crippen molar-refractivity contribution in [1.29, 1.82) is 0 Å². The van der Waals surface area contributed by atoms with Gasteiger partial charge < -0.3 is 9.47 Å². The molecule has 0 radical (unpaired) electrons. The zero-order valence-electron chi connectivity index (χ0n) is 6.12. The van der Waals surface area contributed by atoms with E-state index in [2.05, 4.69) is 4.74 Å². The normalized spacial score (nSPS) is 20.6. The highest BCUT2D eigenvalue weighted by atomic mass is 16.5. The highest BCUT2D eigenvalue weighted by Crippen LogP contribution is 2.08. The average Bonchev–Trinajstić information content (AvgIpc) is 2.29. The predicted octanol–water partition coefficient (Wildman–Crippen LogP) is 0.0327. The number of carbonyl (C=O) groups excluding carboxylic acids is 2. The number of rotatable bonds is 2. The second-order valence-electron chi connectivity index (χ2n) is 1.99. The van der Waals surface area contributed by atoms with Crippen molar-refractivity contribution in [3.8, 4) is 0 Å². The molecular weight excluding hydrogens is 148 g/mol. The van der Waals surface area contributed by atoms with Gasteiger partial charge in [-0.2, -0.15) is 0 Å². The largest absolute Gasteiger partial charge is 0.500 e. The third-order valence-electron chi connectivity index (χ3n) is 1.22. The summed E-state index contributed by atoms with van der Waals surface area (Å²) in [5.74, 6) is -0.910. The number of ketones is 1. The molecule has 11 heavy (non-hydrogen) atoms. The number of Topliss-reactive ketones (excluding diaryl/α,β-unsaturated/α-hetero) is 1. The summed E-state index contributed by atoms with van der Waals surface area (Å²) >= 11 is 0. The molecule has 0 amide bonds. The lowest BCUT2D eigenvalue weighted by atomic mass is 10.2. The first-order chi connectivity index (χ1) is 5.25. The van der Waals surface area contributed by atoms with Crippen LogP contribution in [0.2, 0.25) is 0 Å². The van der Waals surface area contributed by atoms with Gasteiger partial charge in [0.1, 0.15) is 11.8 Å². The van der Waals surface area contributed by atoms with E-state index in [4.69, 9.17) is 4.74 Å². The van der Waals surface area contributed by atoms with E-state index in [9.17, 15) is 9.59 Å². The summed E-state index contributed by atoms with van der Waals surface area (Å²) in [7, 11) is 0. The van der Waals surface area contributed by atoms with Crippen molar-refractivity contribution >= 4 is 11.8 Å². The van der Waals surface area contributed by atoms with Crippen molar-refractivity contribution in [3.05, 3.63) is 11.8 Å². The lowest BCUT2D eigenvalue weighted by Gasteiger charge is -1.92. The van der Waals surface area contributed by atoms with Gasteiger partial charge >= 0.3 is 5.97 Å². The van der Waals surface area contributed by atoms with Gasteiger partial charge in [-0.05, 0) is 6.92 Å². The third kappa shape index (κ3) is 1.58. The number of carbonyl (C=O) groups is 2. The molecule has 1 fully saturated rings.